The van der Waals surface area contributed by atoms with E-state index in [1.165, 1.54) is 0 Å². The van der Waals surface area contributed by atoms with Crippen LogP contribution in [0.4, 0.5) is 0 Å². The number of amides is 1. The van der Waals surface area contributed by atoms with Gasteiger partial charge in [-0.2, -0.15) is 0 Å². The predicted molar refractivity (Wildman–Crippen MR) is 68.5 cm³/mol. The van der Waals surface area contributed by atoms with Crippen molar-refractivity contribution in [1.29, 1.82) is 0 Å². The van der Waals surface area contributed by atoms with Crippen molar-refractivity contribution in [1.82, 2.24) is 4.90 Å². The van der Waals surface area contributed by atoms with Gasteiger partial charge >= 0.3 is 0 Å². The fourth-order valence-electron chi connectivity index (χ4n) is 1.50. The standard InChI is InChI=1S/C12H12ClNO2S/c1-8(10-4-3-7-17-10)14(2)12(15)9-5-6-11(13)16-9/h3-8H,1-2H3. The molecule has 0 aliphatic rings. The predicted octanol–water partition coefficient (Wildman–Crippen LogP) is 3.83. The van der Waals surface area contributed by atoms with Crippen molar-refractivity contribution in [2.24, 2.45) is 0 Å². The van der Waals surface area contributed by atoms with E-state index in [1.807, 2.05) is 24.4 Å². The fraction of sp³-hybridized carbons (Fsp3) is 0.250. The molecule has 1 unspecified atom stereocenters. The first-order valence-electron chi connectivity index (χ1n) is 5.15. The summed E-state index contributed by atoms with van der Waals surface area (Å²) < 4.78 is 5.11. The first-order chi connectivity index (χ1) is 8.09. The van der Waals surface area contributed by atoms with Gasteiger partial charge in [0.05, 0.1) is 6.04 Å². The van der Waals surface area contributed by atoms with Crippen LogP contribution in [0, 0.1) is 0 Å². The van der Waals surface area contributed by atoms with Crippen molar-refractivity contribution in [3.05, 3.63) is 45.5 Å². The second kappa shape index (κ2) is 4.94. The largest absolute Gasteiger partial charge is 0.440 e. The molecule has 0 spiro atoms. The Hall–Kier alpha value is -1.26. The Bertz CT molecular complexity index is 506. The van der Waals surface area contributed by atoms with Gasteiger partial charge in [0.2, 0.25) is 0 Å². The Labute approximate surface area is 109 Å². The van der Waals surface area contributed by atoms with Crippen LogP contribution >= 0.6 is 22.9 Å². The van der Waals surface area contributed by atoms with E-state index in [0.29, 0.717) is 0 Å². The van der Waals surface area contributed by atoms with Crippen molar-refractivity contribution in [3.8, 4) is 0 Å². The molecule has 17 heavy (non-hydrogen) atoms. The summed E-state index contributed by atoms with van der Waals surface area (Å²) in [5.41, 5.74) is 0. The van der Waals surface area contributed by atoms with Gasteiger partial charge in [0.1, 0.15) is 0 Å². The molecule has 0 bridgehead atoms. The molecule has 1 atom stereocenters. The van der Waals surface area contributed by atoms with Gasteiger partial charge in [-0.25, -0.2) is 0 Å². The minimum Gasteiger partial charge on any atom is -0.440 e. The van der Waals surface area contributed by atoms with Crippen LogP contribution in [-0.4, -0.2) is 17.9 Å². The fourth-order valence-corrected chi connectivity index (χ4v) is 2.47. The zero-order chi connectivity index (χ0) is 12.4. The van der Waals surface area contributed by atoms with E-state index in [-0.39, 0.29) is 22.9 Å². The molecule has 2 rings (SSSR count). The van der Waals surface area contributed by atoms with Crippen molar-refractivity contribution >= 4 is 28.8 Å². The zero-order valence-corrected chi connectivity index (χ0v) is 11.1. The maximum atomic E-state index is 12.1. The molecule has 0 aliphatic heterocycles. The van der Waals surface area contributed by atoms with Gasteiger partial charge < -0.3 is 9.32 Å². The monoisotopic (exact) mass is 269 g/mol. The molecule has 5 heteroatoms. The number of hydrogen-bond donors (Lipinski definition) is 0. The summed E-state index contributed by atoms with van der Waals surface area (Å²) in [5.74, 6) is 0.0960. The average molecular weight is 270 g/mol. The summed E-state index contributed by atoms with van der Waals surface area (Å²) in [6.07, 6.45) is 0. The first-order valence-corrected chi connectivity index (χ1v) is 6.41. The van der Waals surface area contributed by atoms with Crippen LogP contribution in [-0.2, 0) is 0 Å². The summed E-state index contributed by atoms with van der Waals surface area (Å²) >= 11 is 7.28. The number of rotatable bonds is 3. The maximum absolute atomic E-state index is 12.1. The van der Waals surface area contributed by atoms with Gasteiger partial charge in [-0.05, 0) is 42.1 Å². The van der Waals surface area contributed by atoms with Crippen molar-refractivity contribution < 1.29 is 9.21 Å². The second-order valence-electron chi connectivity index (χ2n) is 3.71. The second-order valence-corrected chi connectivity index (χ2v) is 5.06. The van der Waals surface area contributed by atoms with Crippen molar-refractivity contribution in [2.75, 3.05) is 7.05 Å². The zero-order valence-electron chi connectivity index (χ0n) is 9.51. The van der Waals surface area contributed by atoms with Crippen LogP contribution in [0.25, 0.3) is 0 Å². The van der Waals surface area contributed by atoms with Crippen LogP contribution in [0.5, 0.6) is 0 Å². The van der Waals surface area contributed by atoms with Crippen LogP contribution < -0.4 is 0 Å². The minimum atomic E-state index is -0.169. The summed E-state index contributed by atoms with van der Waals surface area (Å²) in [6, 6.07) is 7.15. The van der Waals surface area contributed by atoms with Gasteiger partial charge in [-0.1, -0.05) is 6.07 Å². The van der Waals surface area contributed by atoms with E-state index >= 15 is 0 Å². The van der Waals surface area contributed by atoms with E-state index in [1.54, 1.807) is 35.4 Å². The highest BCUT2D eigenvalue weighted by Gasteiger charge is 2.21. The summed E-state index contributed by atoms with van der Waals surface area (Å²) in [6.45, 7) is 1.98. The van der Waals surface area contributed by atoms with Crippen molar-refractivity contribution in [3.63, 3.8) is 0 Å². The van der Waals surface area contributed by atoms with Gasteiger partial charge in [-0.3, -0.25) is 4.79 Å². The first kappa shape index (κ1) is 12.2. The molecular formula is C12H12ClNO2S. The SMILES string of the molecule is CC(c1cccs1)N(C)C(=O)c1ccc(Cl)o1. The number of furan rings is 1. The number of carbonyl (C=O) groups excluding carboxylic acids is 1. The normalized spacial score (nSPS) is 12.4. The Balaban J connectivity index is 2.15. The topological polar surface area (TPSA) is 33.5 Å². The molecule has 0 saturated carbocycles. The Kier molecular flexibility index (Phi) is 3.54. The molecule has 1 amide bonds. The molecule has 2 aromatic rings. The molecule has 0 aromatic carbocycles. The molecule has 90 valence electrons. The average Bonchev–Trinajstić information content (AvgIpc) is 2.96. The highest BCUT2D eigenvalue weighted by atomic mass is 35.5. The van der Waals surface area contributed by atoms with Crippen LogP contribution in [0.2, 0.25) is 5.22 Å². The van der Waals surface area contributed by atoms with Crippen LogP contribution in [0.15, 0.2) is 34.1 Å². The maximum Gasteiger partial charge on any atom is 0.289 e. The van der Waals surface area contributed by atoms with Crippen LogP contribution in [0.3, 0.4) is 0 Å². The van der Waals surface area contributed by atoms with Gasteiger partial charge in [0.15, 0.2) is 11.0 Å². The lowest BCUT2D eigenvalue weighted by Gasteiger charge is -2.22. The quantitative estimate of drug-likeness (QED) is 0.849. The smallest absolute Gasteiger partial charge is 0.289 e. The lowest BCUT2D eigenvalue weighted by atomic mass is 10.2. The molecule has 0 saturated heterocycles. The number of carbonyl (C=O) groups is 1. The molecule has 0 aliphatic carbocycles. The molecule has 3 nitrogen and oxygen atoms in total. The molecule has 0 radical (unpaired) electrons. The number of halogens is 1. The number of nitrogens with zero attached hydrogens (tertiary/aromatic N) is 1. The highest BCUT2D eigenvalue weighted by Crippen LogP contribution is 2.25. The van der Waals surface area contributed by atoms with E-state index in [0.717, 1.165) is 4.88 Å². The summed E-state index contributed by atoms with van der Waals surface area (Å²) in [7, 11) is 1.75. The summed E-state index contributed by atoms with van der Waals surface area (Å²) in [5, 5.41) is 2.22. The third kappa shape index (κ3) is 2.53. The van der Waals surface area contributed by atoms with Crippen molar-refractivity contribution in [2.45, 2.75) is 13.0 Å². The number of hydrogen-bond acceptors (Lipinski definition) is 3. The Morgan fingerprint density at radius 1 is 1.47 bits per heavy atom. The van der Waals surface area contributed by atoms with Gasteiger partial charge in [-0.15, -0.1) is 11.3 Å². The summed E-state index contributed by atoms with van der Waals surface area (Å²) in [4.78, 5) is 14.9. The molecule has 0 fully saturated rings. The highest BCUT2D eigenvalue weighted by molar-refractivity contribution is 7.10. The molecule has 2 aromatic heterocycles. The van der Waals surface area contributed by atoms with E-state index < -0.39 is 0 Å². The number of thiophene rings is 1. The molecule has 0 N–H and O–H groups in total. The van der Waals surface area contributed by atoms with Gasteiger partial charge in [0.25, 0.3) is 5.91 Å². The third-order valence-corrected chi connectivity index (χ3v) is 3.89. The Morgan fingerprint density at radius 3 is 2.76 bits per heavy atom. The minimum absolute atomic E-state index is 0.0198. The Morgan fingerprint density at radius 2 is 2.24 bits per heavy atom. The lowest BCUT2D eigenvalue weighted by molar-refractivity contribution is 0.0713. The van der Waals surface area contributed by atoms with E-state index in [2.05, 4.69) is 0 Å². The molecular weight excluding hydrogens is 258 g/mol. The third-order valence-electron chi connectivity index (χ3n) is 2.64. The lowest BCUT2D eigenvalue weighted by Crippen LogP contribution is -2.28. The van der Waals surface area contributed by atoms with Gasteiger partial charge in [0, 0.05) is 11.9 Å². The van der Waals surface area contributed by atoms with E-state index in [4.69, 9.17) is 16.0 Å². The van der Waals surface area contributed by atoms with Crippen LogP contribution in [0.1, 0.15) is 28.4 Å². The van der Waals surface area contributed by atoms with E-state index in [9.17, 15) is 4.79 Å². The molecule has 2 heterocycles.